The second-order valence-electron chi connectivity index (χ2n) is 2.43. The number of nitrogens with one attached hydrogen (secondary N) is 1. The van der Waals surface area contributed by atoms with Crippen molar-refractivity contribution in [1.29, 1.82) is 0 Å². The fourth-order valence-corrected chi connectivity index (χ4v) is 1.59. The number of aromatic nitrogens is 2. The first kappa shape index (κ1) is 9.26. The number of halogens is 2. The Kier molecular flexibility index (Phi) is 3.59. The molecule has 0 fully saturated rings. The van der Waals surface area contributed by atoms with E-state index < -0.39 is 0 Å². The van der Waals surface area contributed by atoms with E-state index in [4.69, 9.17) is 0 Å². The highest BCUT2D eigenvalue weighted by molar-refractivity contribution is 9.13. The van der Waals surface area contributed by atoms with Gasteiger partial charge in [-0.05, 0) is 6.42 Å². The summed E-state index contributed by atoms with van der Waals surface area (Å²) in [7, 11) is 0. The highest BCUT2D eigenvalue weighted by Crippen LogP contribution is 2.15. The first-order valence-electron chi connectivity index (χ1n) is 3.67. The van der Waals surface area contributed by atoms with E-state index in [9.17, 15) is 0 Å². The van der Waals surface area contributed by atoms with Gasteiger partial charge in [-0.1, -0.05) is 13.3 Å². The van der Waals surface area contributed by atoms with Crippen molar-refractivity contribution in [2.24, 2.45) is 0 Å². The summed E-state index contributed by atoms with van der Waals surface area (Å²) < 4.78 is 4.24. The van der Waals surface area contributed by atoms with Gasteiger partial charge in [0.25, 0.3) is 0 Å². The lowest BCUT2D eigenvalue weighted by Gasteiger charge is -1.93. The summed E-state index contributed by atoms with van der Waals surface area (Å²) >= 11 is 6.85. The summed E-state index contributed by atoms with van der Waals surface area (Å²) in [5.41, 5.74) is 0. The largest absolute Gasteiger partial charge is 0.243 e. The van der Waals surface area contributed by atoms with E-state index >= 15 is 0 Å². The Labute approximate surface area is 83.3 Å². The van der Waals surface area contributed by atoms with Gasteiger partial charge < -0.3 is 0 Å². The Morgan fingerprint density at radius 3 is 2.73 bits per heavy atom. The van der Waals surface area contributed by atoms with Gasteiger partial charge >= 0.3 is 0 Å². The Bertz CT molecular complexity index is 232. The molecule has 0 spiro atoms. The summed E-state index contributed by atoms with van der Waals surface area (Å²) in [6.45, 7) is 3.26. The van der Waals surface area contributed by atoms with Gasteiger partial charge in [-0.25, -0.2) is 9.55 Å². The number of imidazole rings is 1. The Morgan fingerprint density at radius 1 is 1.55 bits per heavy atom. The van der Waals surface area contributed by atoms with Gasteiger partial charge in [-0.15, -0.1) is 0 Å². The molecule has 0 atom stereocenters. The zero-order valence-electron chi connectivity index (χ0n) is 6.40. The van der Waals surface area contributed by atoms with Crippen LogP contribution >= 0.6 is 31.9 Å². The topological polar surface area (TPSA) is 19.7 Å². The summed E-state index contributed by atoms with van der Waals surface area (Å²) in [6.07, 6.45) is 4.40. The van der Waals surface area contributed by atoms with Crippen LogP contribution in [-0.4, -0.2) is 4.98 Å². The van der Waals surface area contributed by atoms with Crippen LogP contribution in [0.25, 0.3) is 0 Å². The summed E-state index contributed by atoms with van der Waals surface area (Å²) in [4.78, 5) is 3.08. The van der Waals surface area contributed by atoms with Gasteiger partial charge in [-0.2, -0.15) is 0 Å². The molecule has 1 aromatic heterocycles. The van der Waals surface area contributed by atoms with Gasteiger partial charge in [0.15, 0.2) is 0 Å². The number of unbranched alkanes of at least 4 members (excludes halogenated alkanes) is 1. The second-order valence-corrected chi connectivity index (χ2v) is 3.97. The lowest BCUT2D eigenvalue weighted by atomic mass is 10.3. The maximum Gasteiger partial charge on any atom is 0.243 e. The van der Waals surface area contributed by atoms with E-state index in [1.54, 1.807) is 0 Å². The molecule has 2 nitrogen and oxygen atoms in total. The Morgan fingerprint density at radius 2 is 2.27 bits per heavy atom. The molecule has 0 bridgehead atoms. The van der Waals surface area contributed by atoms with Crippen LogP contribution in [0.15, 0.2) is 15.5 Å². The number of H-pyrrole nitrogens is 1. The van der Waals surface area contributed by atoms with Crippen molar-refractivity contribution in [1.82, 2.24) is 4.98 Å². The van der Waals surface area contributed by atoms with E-state index in [1.807, 2.05) is 6.33 Å². The molecule has 0 aliphatic heterocycles. The Hall–Kier alpha value is 0.170. The van der Waals surface area contributed by atoms with Crippen molar-refractivity contribution in [3.8, 4) is 0 Å². The van der Waals surface area contributed by atoms with Gasteiger partial charge in [0.2, 0.25) is 15.5 Å². The fraction of sp³-hybridized carbons (Fsp3) is 0.571. The molecule has 0 aliphatic carbocycles. The first-order chi connectivity index (χ1) is 5.25. The molecule has 0 amide bonds. The van der Waals surface area contributed by atoms with Crippen LogP contribution in [0.4, 0.5) is 0 Å². The molecule has 62 valence electrons. The molecule has 0 aliphatic rings. The minimum Gasteiger partial charge on any atom is -0.237 e. The second kappa shape index (κ2) is 4.26. The Balaban J connectivity index is 2.63. The molecular formula is C7H11Br2N2+. The molecule has 4 heteroatoms. The van der Waals surface area contributed by atoms with Crippen LogP contribution in [0, 0.1) is 0 Å². The highest BCUT2D eigenvalue weighted by Gasteiger charge is 2.10. The minimum absolute atomic E-state index is 1.01. The van der Waals surface area contributed by atoms with Crippen LogP contribution in [-0.2, 0) is 6.54 Å². The maximum atomic E-state index is 3.47. The number of hydrogen-bond acceptors (Lipinski definition) is 0. The zero-order chi connectivity index (χ0) is 8.27. The van der Waals surface area contributed by atoms with E-state index in [0.717, 1.165) is 15.8 Å². The summed E-state index contributed by atoms with van der Waals surface area (Å²) in [5, 5.41) is 0. The van der Waals surface area contributed by atoms with Crippen LogP contribution in [0.3, 0.4) is 0 Å². The average molecular weight is 283 g/mol. The van der Waals surface area contributed by atoms with Crippen LogP contribution in [0.5, 0.6) is 0 Å². The third kappa shape index (κ3) is 2.30. The maximum absolute atomic E-state index is 3.47. The molecule has 1 aromatic rings. The highest BCUT2D eigenvalue weighted by atomic mass is 79.9. The third-order valence-corrected chi connectivity index (χ3v) is 3.52. The monoisotopic (exact) mass is 281 g/mol. The lowest BCUT2D eigenvalue weighted by molar-refractivity contribution is -0.706. The smallest absolute Gasteiger partial charge is 0.237 e. The standard InChI is InChI=1S/C7H10Br2N2/c1-2-3-4-11-5-10-6(8)7(11)9/h5H,2-4H2,1H3/p+1. The van der Waals surface area contributed by atoms with Crippen LogP contribution < -0.4 is 4.57 Å². The van der Waals surface area contributed by atoms with E-state index in [0.29, 0.717) is 0 Å². The molecule has 0 radical (unpaired) electrons. The first-order valence-corrected chi connectivity index (χ1v) is 5.26. The normalized spacial score (nSPS) is 10.5. The number of aromatic amines is 1. The van der Waals surface area contributed by atoms with Crippen molar-refractivity contribution < 1.29 is 4.57 Å². The van der Waals surface area contributed by atoms with E-state index in [-0.39, 0.29) is 0 Å². The summed E-state index contributed by atoms with van der Waals surface area (Å²) in [5.74, 6) is 0. The van der Waals surface area contributed by atoms with Gasteiger partial charge in [0, 0.05) is 31.9 Å². The van der Waals surface area contributed by atoms with E-state index in [2.05, 4.69) is 48.3 Å². The predicted octanol–water partition coefficient (Wildman–Crippen LogP) is 2.63. The number of aryl methyl sites for hydroxylation is 1. The summed E-state index contributed by atoms with van der Waals surface area (Å²) in [6, 6.07) is 0. The molecule has 1 heterocycles. The van der Waals surface area contributed by atoms with Gasteiger partial charge in [0.1, 0.15) is 0 Å². The van der Waals surface area contributed by atoms with Crippen molar-refractivity contribution >= 4 is 31.9 Å². The third-order valence-electron chi connectivity index (χ3n) is 1.53. The average Bonchev–Trinajstić information content (AvgIpc) is 2.31. The van der Waals surface area contributed by atoms with Crippen molar-refractivity contribution in [2.45, 2.75) is 26.3 Å². The SMILES string of the molecule is CCCC[n+]1c[nH]c(Br)c1Br. The number of nitrogens with zero attached hydrogens (tertiary/aromatic N) is 1. The molecular weight excluding hydrogens is 272 g/mol. The zero-order valence-corrected chi connectivity index (χ0v) is 9.57. The van der Waals surface area contributed by atoms with Crippen molar-refractivity contribution in [3.05, 3.63) is 15.5 Å². The molecule has 11 heavy (non-hydrogen) atoms. The van der Waals surface area contributed by atoms with Gasteiger partial charge in [0.05, 0.1) is 6.54 Å². The molecule has 0 saturated heterocycles. The molecule has 1 rings (SSSR count). The van der Waals surface area contributed by atoms with Crippen LogP contribution in [0.1, 0.15) is 19.8 Å². The molecule has 0 saturated carbocycles. The fourth-order valence-electron chi connectivity index (χ4n) is 0.868. The molecule has 1 N–H and O–H groups in total. The molecule has 0 aromatic carbocycles. The number of rotatable bonds is 3. The van der Waals surface area contributed by atoms with Crippen molar-refractivity contribution in [3.63, 3.8) is 0 Å². The minimum atomic E-state index is 1.01. The van der Waals surface area contributed by atoms with E-state index in [1.165, 1.54) is 12.8 Å². The molecule has 0 unspecified atom stereocenters. The lowest BCUT2D eigenvalue weighted by Crippen LogP contribution is -2.32. The van der Waals surface area contributed by atoms with Gasteiger partial charge in [-0.3, -0.25) is 0 Å². The van der Waals surface area contributed by atoms with Crippen molar-refractivity contribution in [2.75, 3.05) is 0 Å². The number of hydrogen-bond donors (Lipinski definition) is 1. The van der Waals surface area contributed by atoms with Crippen LogP contribution in [0.2, 0.25) is 0 Å². The quantitative estimate of drug-likeness (QED) is 0.823. The predicted molar refractivity (Wildman–Crippen MR) is 51.3 cm³/mol.